The van der Waals surface area contributed by atoms with Crippen molar-refractivity contribution in [2.45, 2.75) is 26.0 Å². The van der Waals surface area contributed by atoms with E-state index in [1.165, 1.54) is 0 Å². The van der Waals surface area contributed by atoms with Gasteiger partial charge in [-0.05, 0) is 63.1 Å². The van der Waals surface area contributed by atoms with Gasteiger partial charge in [-0.2, -0.15) is 5.10 Å². The third-order valence-electron chi connectivity index (χ3n) is 2.78. The summed E-state index contributed by atoms with van der Waals surface area (Å²) in [6, 6.07) is 5.93. The highest BCUT2D eigenvalue weighted by atomic mass is 127. The Kier molecular flexibility index (Phi) is 5.45. The summed E-state index contributed by atoms with van der Waals surface area (Å²) in [7, 11) is 0. The van der Waals surface area contributed by atoms with Gasteiger partial charge in [-0.1, -0.05) is 22.9 Å². The molecule has 0 fully saturated rings. The molecule has 0 saturated heterocycles. The molecule has 2 aromatic rings. The molecule has 0 aliphatic rings. The van der Waals surface area contributed by atoms with E-state index in [0.717, 1.165) is 36.7 Å². The molecule has 19 heavy (non-hydrogen) atoms. The first-order valence-electron chi connectivity index (χ1n) is 5.88. The second-order valence-corrected chi connectivity index (χ2v) is 7.12. The summed E-state index contributed by atoms with van der Waals surface area (Å²) in [5.41, 5.74) is 1.65. The first-order chi connectivity index (χ1) is 9.04. The Labute approximate surface area is 142 Å². The second-order valence-electron chi connectivity index (χ2n) is 4.17. The minimum atomic E-state index is -0.701. The fourth-order valence-corrected chi connectivity index (χ4v) is 3.40. The number of benzene rings is 1. The highest BCUT2D eigenvalue weighted by Gasteiger charge is 2.21. The van der Waals surface area contributed by atoms with Gasteiger partial charge in [0.1, 0.15) is 6.10 Å². The van der Waals surface area contributed by atoms with Crippen LogP contribution in [0.2, 0.25) is 0 Å². The molecule has 1 heterocycles. The van der Waals surface area contributed by atoms with Gasteiger partial charge in [0.15, 0.2) is 0 Å². The number of aromatic nitrogens is 2. The third kappa shape index (κ3) is 3.40. The Morgan fingerprint density at radius 2 is 2.11 bits per heavy atom. The average molecular weight is 500 g/mol. The van der Waals surface area contributed by atoms with Crippen LogP contribution >= 0.6 is 54.5 Å². The SMILES string of the molecule is CCCn1ncc(Br)c1C(O)c1cc(I)ccc1Br. The van der Waals surface area contributed by atoms with Crippen LogP contribution in [0.3, 0.4) is 0 Å². The quantitative estimate of drug-likeness (QED) is 0.629. The molecule has 1 aromatic heterocycles. The Hall–Kier alpha value is 0.0800. The number of hydrogen-bond donors (Lipinski definition) is 1. The Morgan fingerprint density at radius 1 is 1.37 bits per heavy atom. The molecule has 0 aliphatic heterocycles. The van der Waals surface area contributed by atoms with Crippen molar-refractivity contribution in [2.24, 2.45) is 0 Å². The standard InChI is InChI=1S/C13H13Br2IN2O/c1-2-5-18-12(11(15)7-17-18)13(19)9-6-8(16)3-4-10(9)14/h3-4,6-7,13,19H,2,5H2,1H3. The molecule has 2 rings (SSSR count). The largest absolute Gasteiger partial charge is 0.382 e. The molecule has 0 amide bonds. The molecule has 0 radical (unpaired) electrons. The molecule has 1 atom stereocenters. The van der Waals surface area contributed by atoms with Gasteiger partial charge in [-0.15, -0.1) is 0 Å². The van der Waals surface area contributed by atoms with Crippen molar-refractivity contribution in [3.63, 3.8) is 0 Å². The summed E-state index contributed by atoms with van der Waals surface area (Å²) in [5, 5.41) is 14.9. The lowest BCUT2D eigenvalue weighted by atomic mass is 10.1. The zero-order valence-corrected chi connectivity index (χ0v) is 15.6. The number of rotatable bonds is 4. The van der Waals surface area contributed by atoms with Gasteiger partial charge in [0, 0.05) is 20.2 Å². The van der Waals surface area contributed by atoms with E-state index >= 15 is 0 Å². The molecule has 0 bridgehead atoms. The lowest BCUT2D eigenvalue weighted by molar-refractivity contribution is 0.205. The molecule has 0 saturated carbocycles. The van der Waals surface area contributed by atoms with Crippen molar-refractivity contribution in [1.82, 2.24) is 9.78 Å². The molecule has 3 nitrogen and oxygen atoms in total. The van der Waals surface area contributed by atoms with Crippen LogP contribution in [0, 0.1) is 3.57 Å². The Morgan fingerprint density at radius 3 is 2.79 bits per heavy atom. The zero-order valence-electron chi connectivity index (χ0n) is 10.3. The highest BCUT2D eigenvalue weighted by molar-refractivity contribution is 14.1. The molecule has 0 aliphatic carbocycles. The van der Waals surface area contributed by atoms with Crippen molar-refractivity contribution >= 4 is 54.5 Å². The minimum absolute atomic E-state index is 0.701. The molecular formula is C13H13Br2IN2O. The average Bonchev–Trinajstić information content (AvgIpc) is 2.73. The predicted octanol–water partition coefficient (Wildman–Crippen LogP) is 4.50. The summed E-state index contributed by atoms with van der Waals surface area (Å²) in [6.07, 6.45) is 2.00. The third-order valence-corrected chi connectivity index (χ3v) is 4.78. The van der Waals surface area contributed by atoms with Gasteiger partial charge < -0.3 is 5.11 Å². The number of nitrogens with zero attached hydrogens (tertiary/aromatic N) is 2. The van der Waals surface area contributed by atoms with E-state index in [1.54, 1.807) is 6.20 Å². The normalized spacial score (nSPS) is 12.7. The molecule has 1 unspecified atom stereocenters. The second kappa shape index (κ2) is 6.69. The smallest absolute Gasteiger partial charge is 0.123 e. The molecule has 102 valence electrons. The number of aliphatic hydroxyl groups is 1. The number of hydrogen-bond acceptors (Lipinski definition) is 2. The first-order valence-corrected chi connectivity index (χ1v) is 8.55. The Balaban J connectivity index is 2.46. The number of aryl methyl sites for hydroxylation is 1. The monoisotopic (exact) mass is 498 g/mol. The molecular weight excluding hydrogens is 487 g/mol. The van der Waals surface area contributed by atoms with Crippen LogP contribution in [0.15, 0.2) is 33.3 Å². The van der Waals surface area contributed by atoms with Gasteiger partial charge in [0.2, 0.25) is 0 Å². The maximum Gasteiger partial charge on any atom is 0.123 e. The fourth-order valence-electron chi connectivity index (χ4n) is 1.91. The van der Waals surface area contributed by atoms with Gasteiger partial charge >= 0.3 is 0 Å². The lowest BCUT2D eigenvalue weighted by Crippen LogP contribution is -2.11. The Bertz CT molecular complexity index is 586. The van der Waals surface area contributed by atoms with Crippen LogP contribution in [-0.4, -0.2) is 14.9 Å². The number of halogens is 3. The van der Waals surface area contributed by atoms with E-state index in [0.29, 0.717) is 0 Å². The first kappa shape index (κ1) is 15.5. The predicted molar refractivity (Wildman–Crippen MR) is 91.1 cm³/mol. The van der Waals surface area contributed by atoms with Crippen molar-refractivity contribution in [1.29, 1.82) is 0 Å². The summed E-state index contributed by atoms with van der Waals surface area (Å²) in [5.74, 6) is 0. The minimum Gasteiger partial charge on any atom is -0.382 e. The van der Waals surface area contributed by atoms with Crippen LogP contribution in [0.1, 0.15) is 30.7 Å². The molecule has 0 spiro atoms. The van der Waals surface area contributed by atoms with E-state index in [1.807, 2.05) is 22.9 Å². The highest BCUT2D eigenvalue weighted by Crippen LogP contribution is 2.33. The van der Waals surface area contributed by atoms with Crippen LogP contribution < -0.4 is 0 Å². The topological polar surface area (TPSA) is 38.0 Å². The van der Waals surface area contributed by atoms with Gasteiger partial charge in [-0.3, -0.25) is 4.68 Å². The molecule has 6 heteroatoms. The summed E-state index contributed by atoms with van der Waals surface area (Å²) >= 11 is 9.21. The summed E-state index contributed by atoms with van der Waals surface area (Å²) < 4.78 is 4.67. The van der Waals surface area contributed by atoms with E-state index in [4.69, 9.17) is 0 Å². The van der Waals surface area contributed by atoms with Crippen LogP contribution in [-0.2, 0) is 6.54 Å². The van der Waals surface area contributed by atoms with Crippen molar-refractivity contribution in [3.05, 3.63) is 48.2 Å². The van der Waals surface area contributed by atoms with Crippen LogP contribution in [0.4, 0.5) is 0 Å². The van der Waals surface area contributed by atoms with Crippen molar-refractivity contribution in [2.75, 3.05) is 0 Å². The van der Waals surface area contributed by atoms with E-state index in [2.05, 4.69) is 66.5 Å². The molecule has 1 N–H and O–H groups in total. The van der Waals surface area contributed by atoms with Gasteiger partial charge in [0.25, 0.3) is 0 Å². The van der Waals surface area contributed by atoms with E-state index < -0.39 is 6.10 Å². The van der Waals surface area contributed by atoms with E-state index in [9.17, 15) is 5.11 Å². The van der Waals surface area contributed by atoms with Gasteiger partial charge in [-0.25, -0.2) is 0 Å². The van der Waals surface area contributed by atoms with Crippen molar-refractivity contribution in [3.8, 4) is 0 Å². The summed E-state index contributed by atoms with van der Waals surface area (Å²) in [6.45, 7) is 2.88. The van der Waals surface area contributed by atoms with Crippen LogP contribution in [0.5, 0.6) is 0 Å². The lowest BCUT2D eigenvalue weighted by Gasteiger charge is -2.16. The van der Waals surface area contributed by atoms with E-state index in [-0.39, 0.29) is 0 Å². The maximum atomic E-state index is 10.7. The maximum absolute atomic E-state index is 10.7. The van der Waals surface area contributed by atoms with Crippen LogP contribution in [0.25, 0.3) is 0 Å². The van der Waals surface area contributed by atoms with Gasteiger partial charge in [0.05, 0.1) is 16.4 Å². The number of aliphatic hydroxyl groups excluding tert-OH is 1. The zero-order chi connectivity index (χ0) is 14.0. The van der Waals surface area contributed by atoms with Crippen molar-refractivity contribution < 1.29 is 5.11 Å². The summed E-state index contributed by atoms with van der Waals surface area (Å²) in [4.78, 5) is 0. The molecule has 1 aromatic carbocycles. The fraction of sp³-hybridized carbons (Fsp3) is 0.308.